The van der Waals surface area contributed by atoms with E-state index in [-0.39, 0.29) is 21.6 Å². The summed E-state index contributed by atoms with van der Waals surface area (Å²) in [6, 6.07) is 19.8. The minimum Gasteiger partial charge on any atom is -0.377 e. The van der Waals surface area contributed by atoms with Gasteiger partial charge in [-0.05, 0) is 42.5 Å². The van der Waals surface area contributed by atoms with Crippen LogP contribution in [0.3, 0.4) is 0 Å². The Hall–Kier alpha value is -3.18. The van der Waals surface area contributed by atoms with Crippen LogP contribution in [-0.4, -0.2) is 37.6 Å². The van der Waals surface area contributed by atoms with Gasteiger partial charge in [-0.1, -0.05) is 53.7 Å². The van der Waals surface area contributed by atoms with Gasteiger partial charge in [-0.15, -0.1) is 0 Å². The maximum Gasteiger partial charge on any atom is 0.263 e. The number of hydrogen-bond donors (Lipinski definition) is 2. The van der Waals surface area contributed by atoms with Crippen LogP contribution in [0.15, 0.2) is 93.7 Å². The molecular weight excluding hydrogens is 523 g/mol. The summed E-state index contributed by atoms with van der Waals surface area (Å²) < 4.78 is 48.0. The van der Waals surface area contributed by atoms with Crippen LogP contribution in [0.4, 0.5) is 16.0 Å². The highest BCUT2D eigenvalue weighted by molar-refractivity contribution is 7.99. The Bertz CT molecular complexity index is 1520. The van der Waals surface area contributed by atoms with E-state index < -0.39 is 15.8 Å². The van der Waals surface area contributed by atoms with Crippen molar-refractivity contribution in [2.24, 2.45) is 0 Å². The Labute approximate surface area is 217 Å². The lowest BCUT2D eigenvalue weighted by molar-refractivity contribution is 0.0208. The molecular formula is C25H20ClFN4O3S2. The minimum atomic E-state index is -3.97. The molecule has 3 aromatic carbocycles. The molecule has 11 heteroatoms. The average Bonchev–Trinajstić information content (AvgIpc) is 2.84. The number of nitrogens with one attached hydrogen (secondary N) is 2. The van der Waals surface area contributed by atoms with Gasteiger partial charge in [0, 0.05) is 21.6 Å². The number of benzene rings is 3. The van der Waals surface area contributed by atoms with Crippen molar-refractivity contribution in [2.45, 2.75) is 20.7 Å². The molecule has 1 aliphatic rings. The summed E-state index contributed by atoms with van der Waals surface area (Å²) in [4.78, 5) is 9.92. The molecule has 4 aromatic rings. The van der Waals surface area contributed by atoms with Crippen LogP contribution in [0.25, 0.3) is 11.3 Å². The first kappa shape index (κ1) is 24.5. The van der Waals surface area contributed by atoms with Gasteiger partial charge in [0.25, 0.3) is 10.0 Å². The number of aromatic nitrogens is 2. The fourth-order valence-corrected chi connectivity index (χ4v) is 6.01. The lowest BCUT2D eigenvalue weighted by Crippen LogP contribution is -2.40. The fourth-order valence-electron chi connectivity index (χ4n) is 3.49. The number of anilines is 2. The molecule has 0 bridgehead atoms. The Morgan fingerprint density at radius 2 is 1.78 bits per heavy atom. The van der Waals surface area contributed by atoms with Crippen LogP contribution < -0.4 is 10.0 Å². The van der Waals surface area contributed by atoms with E-state index in [2.05, 4.69) is 20.0 Å². The molecule has 0 spiro atoms. The van der Waals surface area contributed by atoms with Crippen molar-refractivity contribution in [1.82, 2.24) is 9.97 Å². The molecule has 0 unspecified atom stereocenters. The second-order valence-corrected chi connectivity index (χ2v) is 11.1. The second kappa shape index (κ2) is 10.4. The van der Waals surface area contributed by atoms with Gasteiger partial charge in [0.2, 0.25) is 5.95 Å². The third-order valence-corrected chi connectivity index (χ3v) is 8.33. The molecule has 1 saturated heterocycles. The van der Waals surface area contributed by atoms with Gasteiger partial charge in [0.05, 0.1) is 35.7 Å². The zero-order chi connectivity index (χ0) is 25.1. The van der Waals surface area contributed by atoms with E-state index in [1.807, 2.05) is 24.3 Å². The molecule has 5 rings (SSSR count). The van der Waals surface area contributed by atoms with Crippen LogP contribution in [0, 0.1) is 5.82 Å². The number of hydrogen-bond acceptors (Lipinski definition) is 7. The monoisotopic (exact) mass is 542 g/mol. The van der Waals surface area contributed by atoms with Crippen molar-refractivity contribution < 1.29 is 17.5 Å². The molecule has 0 radical (unpaired) electrons. The molecule has 1 aliphatic heterocycles. The van der Waals surface area contributed by atoms with E-state index >= 15 is 4.39 Å². The van der Waals surface area contributed by atoms with E-state index in [0.29, 0.717) is 29.8 Å². The molecule has 7 nitrogen and oxygen atoms in total. The van der Waals surface area contributed by atoms with Gasteiger partial charge in [0.1, 0.15) is 10.7 Å². The van der Waals surface area contributed by atoms with E-state index in [1.165, 1.54) is 36.0 Å². The third-order valence-electron chi connectivity index (χ3n) is 5.32. The first-order valence-electron chi connectivity index (χ1n) is 10.9. The third kappa shape index (κ3) is 5.46. The Kier molecular flexibility index (Phi) is 7.10. The van der Waals surface area contributed by atoms with E-state index in [4.69, 9.17) is 16.3 Å². The van der Waals surface area contributed by atoms with E-state index in [9.17, 15) is 8.42 Å². The van der Waals surface area contributed by atoms with Crippen molar-refractivity contribution in [3.8, 4) is 11.3 Å². The maximum absolute atomic E-state index is 15.1. The smallest absolute Gasteiger partial charge is 0.263 e. The van der Waals surface area contributed by atoms with Crippen LogP contribution in [0.2, 0.25) is 5.02 Å². The summed E-state index contributed by atoms with van der Waals surface area (Å²) in [5.74, 6) is -0.0638. The van der Waals surface area contributed by atoms with Gasteiger partial charge < -0.3 is 10.1 Å². The summed E-state index contributed by atoms with van der Waals surface area (Å²) in [5, 5.41) is 3.31. The van der Waals surface area contributed by atoms with Gasteiger partial charge in [-0.25, -0.2) is 22.8 Å². The molecule has 184 valence electrons. The Balaban J connectivity index is 1.37. The first-order chi connectivity index (χ1) is 17.4. The van der Waals surface area contributed by atoms with Crippen molar-refractivity contribution in [3.63, 3.8) is 0 Å². The summed E-state index contributed by atoms with van der Waals surface area (Å²) in [6.07, 6.45) is 1.67. The van der Waals surface area contributed by atoms with Crippen molar-refractivity contribution in [1.29, 1.82) is 0 Å². The predicted octanol–water partition coefficient (Wildman–Crippen LogP) is 5.70. The lowest BCUT2D eigenvalue weighted by atomic mass is 10.1. The fraction of sp³-hybridized carbons (Fsp3) is 0.120. The summed E-state index contributed by atoms with van der Waals surface area (Å²) in [5.41, 5.74) is 1.61. The van der Waals surface area contributed by atoms with Crippen LogP contribution in [-0.2, 0) is 14.8 Å². The first-order valence-corrected chi connectivity index (χ1v) is 13.6. The molecule has 36 heavy (non-hydrogen) atoms. The molecule has 1 fully saturated rings. The number of ether oxygens (including phenoxy) is 1. The molecule has 0 atom stereocenters. The average molecular weight is 543 g/mol. The minimum absolute atomic E-state index is 0.0806. The molecule has 0 amide bonds. The largest absolute Gasteiger partial charge is 0.377 e. The Morgan fingerprint density at radius 3 is 2.53 bits per heavy atom. The zero-order valence-corrected chi connectivity index (χ0v) is 21.1. The number of halogens is 2. The lowest BCUT2D eigenvalue weighted by Gasteiger charge is -2.26. The molecule has 0 aliphatic carbocycles. The summed E-state index contributed by atoms with van der Waals surface area (Å²) in [7, 11) is -3.97. The SMILES string of the molecule is O=S(=O)(Nc1ccc(Sc2ccccc2-c2ccnc(NC3COC3)n2)c(F)c1)c1ccccc1Cl. The Morgan fingerprint density at radius 1 is 1.00 bits per heavy atom. The van der Waals surface area contributed by atoms with E-state index in [1.54, 1.807) is 24.4 Å². The topological polar surface area (TPSA) is 93.2 Å². The normalized spacial score (nSPS) is 13.7. The van der Waals surface area contributed by atoms with Crippen molar-refractivity contribution >= 4 is 45.0 Å². The summed E-state index contributed by atoms with van der Waals surface area (Å²) in [6.45, 7) is 1.23. The molecule has 2 heterocycles. The molecule has 2 N–H and O–H groups in total. The van der Waals surface area contributed by atoms with Gasteiger partial charge in [-0.2, -0.15) is 0 Å². The molecule has 0 saturated carbocycles. The van der Waals surface area contributed by atoms with Crippen molar-refractivity contribution in [3.05, 3.63) is 89.8 Å². The van der Waals surface area contributed by atoms with Gasteiger partial charge in [0.15, 0.2) is 0 Å². The highest BCUT2D eigenvalue weighted by Gasteiger charge is 2.20. The standard InChI is InChI=1S/C25H20ClFN4O3S2/c26-19-6-2-4-8-24(19)36(32,33)31-16-9-10-23(20(27)13-16)35-22-7-3-1-5-18(22)21-11-12-28-25(30-21)29-17-14-34-15-17/h1-13,17,31H,14-15H2,(H,28,29,30). The van der Waals surface area contributed by atoms with E-state index in [0.717, 1.165) is 16.5 Å². The van der Waals surface area contributed by atoms with Crippen molar-refractivity contribution in [2.75, 3.05) is 23.3 Å². The van der Waals surface area contributed by atoms with Crippen LogP contribution in [0.5, 0.6) is 0 Å². The van der Waals surface area contributed by atoms with Gasteiger partial charge >= 0.3 is 0 Å². The number of sulfonamides is 1. The second-order valence-electron chi connectivity index (χ2n) is 7.92. The molecule has 1 aromatic heterocycles. The number of rotatable bonds is 8. The predicted molar refractivity (Wildman–Crippen MR) is 138 cm³/mol. The quantitative estimate of drug-likeness (QED) is 0.295. The van der Waals surface area contributed by atoms with Crippen LogP contribution in [0.1, 0.15) is 0 Å². The highest BCUT2D eigenvalue weighted by Crippen LogP contribution is 2.37. The van der Waals surface area contributed by atoms with Gasteiger partial charge in [-0.3, -0.25) is 4.72 Å². The highest BCUT2D eigenvalue weighted by atomic mass is 35.5. The maximum atomic E-state index is 15.1. The number of nitrogens with zero attached hydrogens (tertiary/aromatic N) is 2. The summed E-state index contributed by atoms with van der Waals surface area (Å²) >= 11 is 7.24. The van der Waals surface area contributed by atoms with Crippen LogP contribution >= 0.6 is 23.4 Å². The zero-order valence-electron chi connectivity index (χ0n) is 18.7.